The van der Waals surface area contributed by atoms with Crippen LogP contribution in [0.25, 0.3) is 11.4 Å². The van der Waals surface area contributed by atoms with E-state index in [4.69, 9.17) is 32.5 Å². The Morgan fingerprint density at radius 3 is 2.65 bits per heavy atom. The Morgan fingerprint density at radius 1 is 1.10 bits per heavy atom. The smallest absolute Gasteiger partial charge is 0.151 e. The zero-order chi connectivity index (χ0) is 13.9. The van der Waals surface area contributed by atoms with Gasteiger partial charge in [0, 0.05) is 25.4 Å². The average molecular weight is 314 g/mol. The predicted molar refractivity (Wildman–Crippen MR) is 75.9 cm³/mol. The fourth-order valence-corrected chi connectivity index (χ4v) is 2.30. The summed E-state index contributed by atoms with van der Waals surface area (Å²) in [6, 6.07) is 3.56. The molecule has 5 nitrogen and oxygen atoms in total. The van der Waals surface area contributed by atoms with Gasteiger partial charge >= 0.3 is 0 Å². The average Bonchev–Trinajstić information content (AvgIpc) is 2.91. The molecule has 2 aromatic rings. The first-order valence-electron chi connectivity index (χ1n) is 6.29. The van der Waals surface area contributed by atoms with Gasteiger partial charge in [-0.1, -0.05) is 28.4 Å². The number of aromatic nitrogens is 2. The van der Waals surface area contributed by atoms with Crippen molar-refractivity contribution in [3.05, 3.63) is 34.1 Å². The highest BCUT2D eigenvalue weighted by atomic mass is 35.5. The van der Waals surface area contributed by atoms with Crippen molar-refractivity contribution in [2.45, 2.75) is 6.54 Å². The van der Waals surface area contributed by atoms with Crippen molar-refractivity contribution in [1.29, 1.82) is 0 Å². The highest BCUT2D eigenvalue weighted by Crippen LogP contribution is 2.26. The van der Waals surface area contributed by atoms with Crippen molar-refractivity contribution in [2.24, 2.45) is 0 Å². The summed E-state index contributed by atoms with van der Waals surface area (Å²) in [6.07, 6.45) is 1.51. The second-order valence-corrected chi connectivity index (χ2v) is 5.37. The molecule has 0 aromatic carbocycles. The second kappa shape index (κ2) is 6.10. The second-order valence-electron chi connectivity index (χ2n) is 4.55. The van der Waals surface area contributed by atoms with Crippen molar-refractivity contribution in [3.63, 3.8) is 0 Å². The zero-order valence-electron chi connectivity index (χ0n) is 10.7. The summed E-state index contributed by atoms with van der Waals surface area (Å²) in [4.78, 5) is 6.46. The summed E-state index contributed by atoms with van der Waals surface area (Å²) in [5.41, 5.74) is 1.31. The van der Waals surface area contributed by atoms with E-state index in [1.54, 1.807) is 6.07 Å². The summed E-state index contributed by atoms with van der Waals surface area (Å²) in [5, 5.41) is 4.90. The molecule has 1 fully saturated rings. The molecule has 2 aromatic heterocycles. The van der Waals surface area contributed by atoms with Gasteiger partial charge in [0.05, 0.1) is 35.5 Å². The SMILES string of the molecule is Clc1cnc(-c2cc(CN3CCOCC3)on2)cc1Cl. The number of ether oxygens (including phenoxy) is 1. The fraction of sp³-hybridized carbons (Fsp3) is 0.385. The summed E-state index contributed by atoms with van der Waals surface area (Å²) in [5.74, 6) is 0.801. The molecule has 1 saturated heterocycles. The van der Waals surface area contributed by atoms with Crippen LogP contribution in [0.5, 0.6) is 0 Å². The Morgan fingerprint density at radius 2 is 1.90 bits per heavy atom. The molecular formula is C13H13Cl2N3O2. The maximum atomic E-state index is 5.97. The first-order valence-corrected chi connectivity index (χ1v) is 7.05. The molecule has 106 valence electrons. The zero-order valence-corrected chi connectivity index (χ0v) is 12.2. The van der Waals surface area contributed by atoms with E-state index >= 15 is 0 Å². The molecule has 3 heterocycles. The molecule has 0 unspecified atom stereocenters. The van der Waals surface area contributed by atoms with Crippen LogP contribution in [0.2, 0.25) is 10.0 Å². The highest BCUT2D eigenvalue weighted by molar-refractivity contribution is 6.42. The Balaban J connectivity index is 1.73. The van der Waals surface area contributed by atoms with Gasteiger partial charge in [-0.05, 0) is 6.07 Å². The topological polar surface area (TPSA) is 51.4 Å². The summed E-state index contributed by atoms with van der Waals surface area (Å²) >= 11 is 11.8. The van der Waals surface area contributed by atoms with Gasteiger partial charge in [-0.25, -0.2) is 0 Å². The molecule has 1 aliphatic rings. The number of nitrogens with zero attached hydrogens (tertiary/aromatic N) is 3. The van der Waals surface area contributed by atoms with Crippen molar-refractivity contribution in [2.75, 3.05) is 26.3 Å². The molecule has 0 radical (unpaired) electrons. The monoisotopic (exact) mass is 313 g/mol. The van der Waals surface area contributed by atoms with Crippen LogP contribution in [-0.4, -0.2) is 41.3 Å². The van der Waals surface area contributed by atoms with Gasteiger partial charge in [0.1, 0.15) is 5.69 Å². The van der Waals surface area contributed by atoms with Gasteiger partial charge in [-0.2, -0.15) is 0 Å². The molecular weight excluding hydrogens is 301 g/mol. The number of hydrogen-bond acceptors (Lipinski definition) is 5. The van der Waals surface area contributed by atoms with E-state index < -0.39 is 0 Å². The molecule has 3 rings (SSSR count). The lowest BCUT2D eigenvalue weighted by atomic mass is 10.2. The lowest BCUT2D eigenvalue weighted by molar-refractivity contribution is 0.0305. The maximum absolute atomic E-state index is 5.97. The predicted octanol–water partition coefficient (Wildman–Crippen LogP) is 2.88. The van der Waals surface area contributed by atoms with Crippen LogP contribution in [-0.2, 0) is 11.3 Å². The van der Waals surface area contributed by atoms with E-state index in [9.17, 15) is 0 Å². The van der Waals surface area contributed by atoms with E-state index in [-0.39, 0.29) is 0 Å². The molecule has 1 aliphatic heterocycles. The van der Waals surface area contributed by atoms with Crippen LogP contribution in [0.4, 0.5) is 0 Å². The molecule has 0 aliphatic carbocycles. The van der Waals surface area contributed by atoms with Crippen LogP contribution < -0.4 is 0 Å². The van der Waals surface area contributed by atoms with Crippen LogP contribution in [0.1, 0.15) is 5.76 Å². The van der Waals surface area contributed by atoms with Crippen molar-refractivity contribution in [1.82, 2.24) is 15.0 Å². The van der Waals surface area contributed by atoms with Crippen molar-refractivity contribution in [3.8, 4) is 11.4 Å². The maximum Gasteiger partial charge on any atom is 0.151 e. The molecule has 7 heteroatoms. The van der Waals surface area contributed by atoms with Gasteiger partial charge in [0.15, 0.2) is 5.76 Å². The lowest BCUT2D eigenvalue weighted by Gasteiger charge is -2.25. The third-order valence-corrected chi connectivity index (χ3v) is 3.82. The molecule has 20 heavy (non-hydrogen) atoms. The van der Waals surface area contributed by atoms with E-state index in [2.05, 4.69) is 15.0 Å². The Hall–Kier alpha value is -1.14. The largest absolute Gasteiger partial charge is 0.379 e. The van der Waals surface area contributed by atoms with Crippen molar-refractivity contribution >= 4 is 23.2 Å². The van der Waals surface area contributed by atoms with Gasteiger partial charge < -0.3 is 9.26 Å². The lowest BCUT2D eigenvalue weighted by Crippen LogP contribution is -2.35. The van der Waals surface area contributed by atoms with Crippen LogP contribution >= 0.6 is 23.2 Å². The quantitative estimate of drug-likeness (QED) is 0.872. The third kappa shape index (κ3) is 3.12. The first kappa shape index (κ1) is 13.8. The van der Waals surface area contributed by atoms with Gasteiger partial charge in [0.2, 0.25) is 0 Å². The molecule has 0 bridgehead atoms. The van der Waals surface area contributed by atoms with E-state index in [1.807, 2.05) is 6.07 Å². The van der Waals surface area contributed by atoms with Crippen molar-refractivity contribution < 1.29 is 9.26 Å². The fourth-order valence-electron chi connectivity index (χ4n) is 2.04. The number of rotatable bonds is 3. The third-order valence-electron chi connectivity index (χ3n) is 3.11. The number of hydrogen-bond donors (Lipinski definition) is 0. The number of morpholine rings is 1. The standard InChI is InChI=1S/C13H13Cl2N3O2/c14-10-6-12(16-7-11(10)15)13-5-9(20-17-13)8-18-1-3-19-4-2-18/h5-7H,1-4,8H2. The molecule has 0 atom stereocenters. The minimum atomic E-state index is 0.424. The van der Waals surface area contributed by atoms with E-state index in [1.165, 1.54) is 6.20 Å². The van der Waals surface area contributed by atoms with E-state index in [0.29, 0.717) is 21.4 Å². The number of halogens is 2. The minimum Gasteiger partial charge on any atom is -0.379 e. The van der Waals surface area contributed by atoms with Crippen LogP contribution in [0.15, 0.2) is 22.9 Å². The van der Waals surface area contributed by atoms with Crippen LogP contribution in [0.3, 0.4) is 0 Å². The Bertz CT molecular complexity index is 597. The number of pyridine rings is 1. The van der Waals surface area contributed by atoms with Crippen LogP contribution in [0, 0.1) is 0 Å². The normalized spacial score (nSPS) is 16.5. The first-order chi connectivity index (χ1) is 9.72. The highest BCUT2D eigenvalue weighted by Gasteiger charge is 2.15. The Kier molecular flexibility index (Phi) is 4.21. The summed E-state index contributed by atoms with van der Waals surface area (Å²) in [7, 11) is 0. The summed E-state index contributed by atoms with van der Waals surface area (Å²) in [6.45, 7) is 4.05. The molecule has 0 saturated carbocycles. The molecule has 0 amide bonds. The Labute approximate surface area is 126 Å². The minimum absolute atomic E-state index is 0.424. The summed E-state index contributed by atoms with van der Waals surface area (Å²) < 4.78 is 10.7. The van der Waals surface area contributed by atoms with E-state index in [0.717, 1.165) is 38.6 Å². The molecule has 0 N–H and O–H groups in total. The molecule has 0 spiro atoms. The van der Waals surface area contributed by atoms with Gasteiger partial charge in [0.25, 0.3) is 0 Å². The van der Waals surface area contributed by atoms with Gasteiger partial charge in [-0.3, -0.25) is 9.88 Å². The van der Waals surface area contributed by atoms with Gasteiger partial charge in [-0.15, -0.1) is 0 Å².